The lowest BCUT2D eigenvalue weighted by Crippen LogP contribution is -2.58. The molecule has 0 fully saturated rings. The molecule has 13 nitrogen and oxygen atoms in total. The minimum Gasteiger partial charge on any atom is -0.480 e. The molecule has 202 valence electrons. The molecule has 0 aliphatic rings. The van der Waals surface area contributed by atoms with Crippen molar-refractivity contribution in [3.05, 3.63) is 36.0 Å². The highest BCUT2D eigenvalue weighted by atomic mass is 16.4. The van der Waals surface area contributed by atoms with E-state index in [1.807, 2.05) is 38.1 Å². The van der Waals surface area contributed by atoms with E-state index in [2.05, 4.69) is 20.9 Å². The molecule has 10 N–H and O–H groups in total. The minimum absolute atomic E-state index is 0.0331. The SMILES string of the molecule is CC(C)CC(NC(=O)C(N)Cc1c[nH]c2ccccc12)C(=O)NC(CO)C(=O)NC(CC(N)=O)C(=O)O. The lowest BCUT2D eigenvalue weighted by molar-refractivity contribution is -0.144. The van der Waals surface area contributed by atoms with Crippen molar-refractivity contribution in [3.63, 3.8) is 0 Å². The molecular formula is C24H34N6O7. The van der Waals surface area contributed by atoms with Crippen LogP contribution in [0.25, 0.3) is 10.9 Å². The number of carbonyl (C=O) groups excluding carboxylic acids is 4. The molecule has 37 heavy (non-hydrogen) atoms. The van der Waals surface area contributed by atoms with Gasteiger partial charge < -0.3 is 42.6 Å². The van der Waals surface area contributed by atoms with Crippen LogP contribution in [0.1, 0.15) is 32.3 Å². The predicted octanol–water partition coefficient (Wildman–Crippen LogP) is -1.51. The summed E-state index contributed by atoms with van der Waals surface area (Å²) in [4.78, 5) is 63.7. The van der Waals surface area contributed by atoms with Crippen LogP contribution in [-0.4, -0.2) is 75.6 Å². The van der Waals surface area contributed by atoms with E-state index in [0.29, 0.717) is 0 Å². The van der Waals surface area contributed by atoms with Gasteiger partial charge in [-0.05, 0) is 30.4 Å². The maximum Gasteiger partial charge on any atom is 0.326 e. The Hall–Kier alpha value is -3.97. The van der Waals surface area contributed by atoms with Gasteiger partial charge in [0.15, 0.2) is 0 Å². The lowest BCUT2D eigenvalue weighted by atomic mass is 10.0. The van der Waals surface area contributed by atoms with Gasteiger partial charge in [-0.3, -0.25) is 19.2 Å². The van der Waals surface area contributed by atoms with Gasteiger partial charge in [0, 0.05) is 17.1 Å². The number of hydrogen-bond acceptors (Lipinski definition) is 7. The molecule has 4 atom stereocenters. The third-order valence-electron chi connectivity index (χ3n) is 5.63. The van der Waals surface area contributed by atoms with Gasteiger partial charge in [0.1, 0.15) is 18.1 Å². The van der Waals surface area contributed by atoms with Gasteiger partial charge in [0.2, 0.25) is 23.6 Å². The Bertz CT molecular complexity index is 1130. The summed E-state index contributed by atoms with van der Waals surface area (Å²) >= 11 is 0. The van der Waals surface area contributed by atoms with Crippen LogP contribution >= 0.6 is 0 Å². The maximum atomic E-state index is 12.9. The fraction of sp³-hybridized carbons (Fsp3) is 0.458. The zero-order valence-electron chi connectivity index (χ0n) is 20.7. The number of carbonyl (C=O) groups is 5. The van der Waals surface area contributed by atoms with E-state index in [1.54, 1.807) is 6.20 Å². The normalized spacial score (nSPS) is 14.4. The quantitative estimate of drug-likeness (QED) is 0.146. The van der Waals surface area contributed by atoms with Crippen molar-refractivity contribution in [2.75, 3.05) is 6.61 Å². The Morgan fingerprint density at radius 2 is 1.54 bits per heavy atom. The highest BCUT2D eigenvalue weighted by Crippen LogP contribution is 2.19. The molecule has 0 aliphatic carbocycles. The summed E-state index contributed by atoms with van der Waals surface area (Å²) in [7, 11) is 0. The predicted molar refractivity (Wildman–Crippen MR) is 134 cm³/mol. The number of fused-ring (bicyclic) bond motifs is 1. The zero-order valence-corrected chi connectivity index (χ0v) is 20.7. The van der Waals surface area contributed by atoms with Gasteiger partial charge in [-0.1, -0.05) is 32.0 Å². The first-order chi connectivity index (χ1) is 17.4. The van der Waals surface area contributed by atoms with Gasteiger partial charge >= 0.3 is 5.97 Å². The largest absolute Gasteiger partial charge is 0.480 e. The number of para-hydroxylation sites is 1. The average molecular weight is 519 g/mol. The van der Waals surface area contributed by atoms with Crippen molar-refractivity contribution in [2.24, 2.45) is 17.4 Å². The van der Waals surface area contributed by atoms with Crippen LogP contribution in [0.4, 0.5) is 0 Å². The van der Waals surface area contributed by atoms with Crippen molar-refractivity contribution in [1.82, 2.24) is 20.9 Å². The van der Waals surface area contributed by atoms with E-state index >= 15 is 0 Å². The third kappa shape index (κ3) is 8.58. The molecule has 0 saturated carbocycles. The Labute approximate surface area is 213 Å². The minimum atomic E-state index is -1.63. The topological polar surface area (TPSA) is 230 Å². The molecular weight excluding hydrogens is 484 g/mol. The van der Waals surface area contributed by atoms with Gasteiger partial charge in [-0.2, -0.15) is 0 Å². The first-order valence-electron chi connectivity index (χ1n) is 11.8. The molecule has 1 heterocycles. The Morgan fingerprint density at radius 1 is 0.946 bits per heavy atom. The van der Waals surface area contributed by atoms with Crippen LogP contribution in [0.5, 0.6) is 0 Å². The number of aromatic amines is 1. The second kappa shape index (κ2) is 13.4. The zero-order chi connectivity index (χ0) is 27.7. The van der Waals surface area contributed by atoms with E-state index < -0.39 is 66.8 Å². The van der Waals surface area contributed by atoms with Crippen molar-refractivity contribution >= 4 is 40.5 Å². The Kier molecular flexibility index (Phi) is 10.6. The molecule has 0 radical (unpaired) electrons. The number of nitrogens with two attached hydrogens (primary N) is 2. The van der Waals surface area contributed by atoms with E-state index in [-0.39, 0.29) is 18.8 Å². The number of benzene rings is 1. The van der Waals surface area contributed by atoms with Crippen LogP contribution in [-0.2, 0) is 30.4 Å². The number of aliphatic hydroxyl groups excluding tert-OH is 1. The number of H-pyrrole nitrogens is 1. The molecule has 0 bridgehead atoms. The summed E-state index contributed by atoms with van der Waals surface area (Å²) in [5.74, 6) is -4.88. The van der Waals surface area contributed by atoms with Gasteiger partial charge in [-0.25, -0.2) is 4.79 Å². The maximum absolute atomic E-state index is 12.9. The molecule has 0 spiro atoms. The van der Waals surface area contributed by atoms with Crippen LogP contribution in [0, 0.1) is 5.92 Å². The van der Waals surface area contributed by atoms with Gasteiger partial charge in [-0.15, -0.1) is 0 Å². The fourth-order valence-corrected chi connectivity index (χ4v) is 3.75. The number of carboxylic acids is 1. The summed E-state index contributed by atoms with van der Waals surface area (Å²) in [6, 6.07) is 2.33. The molecule has 1 aromatic heterocycles. The van der Waals surface area contributed by atoms with Gasteiger partial charge in [0.05, 0.1) is 19.1 Å². The first-order valence-corrected chi connectivity index (χ1v) is 11.8. The van der Waals surface area contributed by atoms with Crippen LogP contribution in [0.2, 0.25) is 0 Å². The van der Waals surface area contributed by atoms with Gasteiger partial charge in [0.25, 0.3) is 0 Å². The van der Waals surface area contributed by atoms with E-state index in [1.165, 1.54) is 0 Å². The molecule has 0 aliphatic heterocycles. The van der Waals surface area contributed by atoms with E-state index in [0.717, 1.165) is 16.5 Å². The second-order valence-corrected chi connectivity index (χ2v) is 9.17. The van der Waals surface area contributed by atoms with E-state index in [9.17, 15) is 29.1 Å². The second-order valence-electron chi connectivity index (χ2n) is 9.17. The highest BCUT2D eigenvalue weighted by molar-refractivity contribution is 5.95. The van der Waals surface area contributed by atoms with Crippen LogP contribution in [0.15, 0.2) is 30.5 Å². The summed E-state index contributed by atoms with van der Waals surface area (Å²) in [5, 5.41) is 26.7. The summed E-state index contributed by atoms with van der Waals surface area (Å²) in [6.07, 6.45) is 1.51. The van der Waals surface area contributed by atoms with Crippen LogP contribution in [0.3, 0.4) is 0 Å². The number of aromatic nitrogens is 1. The average Bonchev–Trinajstić information content (AvgIpc) is 3.23. The molecule has 2 aromatic rings. The third-order valence-corrected chi connectivity index (χ3v) is 5.63. The smallest absolute Gasteiger partial charge is 0.326 e. The lowest BCUT2D eigenvalue weighted by Gasteiger charge is -2.25. The number of hydrogen-bond donors (Lipinski definition) is 8. The van der Waals surface area contributed by atoms with E-state index in [4.69, 9.17) is 16.6 Å². The number of nitrogens with one attached hydrogen (secondary N) is 4. The number of primary amides is 1. The highest BCUT2D eigenvalue weighted by Gasteiger charge is 2.31. The summed E-state index contributed by atoms with van der Waals surface area (Å²) in [5.41, 5.74) is 12.9. The van der Waals surface area contributed by atoms with Crippen molar-refractivity contribution in [3.8, 4) is 0 Å². The van der Waals surface area contributed by atoms with Crippen molar-refractivity contribution in [2.45, 2.75) is 57.3 Å². The fourth-order valence-electron chi connectivity index (χ4n) is 3.75. The Morgan fingerprint density at radius 3 is 2.14 bits per heavy atom. The van der Waals surface area contributed by atoms with Crippen molar-refractivity contribution < 1.29 is 34.2 Å². The van der Waals surface area contributed by atoms with Crippen LogP contribution < -0.4 is 27.4 Å². The summed E-state index contributed by atoms with van der Waals surface area (Å²) < 4.78 is 0. The molecule has 2 rings (SSSR count). The van der Waals surface area contributed by atoms with Crippen molar-refractivity contribution in [1.29, 1.82) is 0 Å². The number of amides is 4. The first kappa shape index (κ1) is 29.3. The molecule has 1 aromatic carbocycles. The number of rotatable bonds is 14. The monoisotopic (exact) mass is 518 g/mol. The standard InChI is InChI=1S/C24H34N6O7/c1-12(2)7-17(22(34)30-19(11-31)23(35)29-18(24(36)37)9-20(26)32)28-21(33)15(25)8-13-10-27-16-6-4-3-5-14(13)16/h3-6,10,12,15,17-19,27,31H,7-9,11,25H2,1-2H3,(H2,26,32)(H,28,33)(H,29,35)(H,30,34)(H,36,37). The summed E-state index contributed by atoms with van der Waals surface area (Å²) in [6.45, 7) is 2.80. The number of aliphatic carboxylic acids is 1. The number of carboxylic acid groups (broad SMARTS) is 1. The Balaban J connectivity index is 2.06. The molecule has 4 unspecified atom stereocenters. The molecule has 4 amide bonds. The molecule has 0 saturated heterocycles. The molecule has 13 heteroatoms. The number of aliphatic hydroxyl groups is 1.